The molecule has 24 heavy (non-hydrogen) atoms. The predicted octanol–water partition coefficient (Wildman–Crippen LogP) is 5.43. The normalized spacial score (nSPS) is 25.6. The zero-order chi connectivity index (χ0) is 16.7. The molecule has 3 nitrogen and oxygen atoms in total. The van der Waals surface area contributed by atoms with Crippen LogP contribution in [0.25, 0.3) is 0 Å². The van der Waals surface area contributed by atoms with Crippen LogP contribution in [0.4, 0.5) is 5.69 Å². The van der Waals surface area contributed by atoms with E-state index in [0.29, 0.717) is 11.8 Å². The highest BCUT2D eigenvalue weighted by Gasteiger charge is 2.40. The Morgan fingerprint density at radius 3 is 2.79 bits per heavy atom. The molecule has 1 aliphatic heterocycles. The number of nitro groups is 1. The van der Waals surface area contributed by atoms with Gasteiger partial charge in [0.2, 0.25) is 0 Å². The van der Waals surface area contributed by atoms with Crippen molar-refractivity contribution in [3.8, 4) is 0 Å². The number of para-hydroxylation sites is 1. The van der Waals surface area contributed by atoms with Crippen LogP contribution in [0.5, 0.6) is 0 Å². The molecule has 4 rings (SSSR count). The number of hydrogen-bond acceptors (Lipinski definition) is 3. The average Bonchev–Trinajstić information content (AvgIpc) is 2.61. The molecule has 2 aromatic rings. The fraction of sp³-hybridized carbons (Fsp3) is 0.400. The molecule has 0 saturated carbocycles. The smallest absolute Gasteiger partial charge is 0.258 e. The number of rotatable bonds is 2. The first-order chi connectivity index (χ1) is 11.6. The Hall–Kier alpha value is -1.81. The molecule has 0 radical (unpaired) electrons. The summed E-state index contributed by atoms with van der Waals surface area (Å²) < 4.78 is 0. The van der Waals surface area contributed by atoms with Crippen molar-refractivity contribution >= 4 is 17.4 Å². The van der Waals surface area contributed by atoms with Gasteiger partial charge in [0.1, 0.15) is 0 Å². The average molecular weight is 339 g/mol. The number of fused-ring (bicyclic) bond motifs is 3. The molecular weight excluding hydrogens is 318 g/mol. The van der Waals surface area contributed by atoms with E-state index < -0.39 is 0 Å². The molecule has 4 heteroatoms. The SMILES string of the molecule is Cc1ccc2c(c1)[C@@H]1CCS[C@H](c3ccccc3[N+](=O)[O-])[C@H]1CC2. The van der Waals surface area contributed by atoms with E-state index in [9.17, 15) is 10.1 Å². The summed E-state index contributed by atoms with van der Waals surface area (Å²) in [5.74, 6) is 2.12. The minimum absolute atomic E-state index is 0.222. The van der Waals surface area contributed by atoms with Crippen LogP contribution in [0.1, 0.15) is 46.3 Å². The summed E-state index contributed by atoms with van der Waals surface area (Å²) in [6.07, 6.45) is 3.40. The van der Waals surface area contributed by atoms with Gasteiger partial charge in [-0.2, -0.15) is 11.8 Å². The summed E-state index contributed by atoms with van der Waals surface area (Å²) in [6.45, 7) is 2.15. The quantitative estimate of drug-likeness (QED) is 0.541. The molecule has 0 N–H and O–H groups in total. The first-order valence-electron chi connectivity index (χ1n) is 8.59. The van der Waals surface area contributed by atoms with Crippen LogP contribution in [0.2, 0.25) is 0 Å². The molecular formula is C20H21NO2S. The van der Waals surface area contributed by atoms with Crippen LogP contribution in [-0.4, -0.2) is 10.7 Å². The second kappa shape index (κ2) is 6.25. The van der Waals surface area contributed by atoms with Crippen molar-refractivity contribution < 1.29 is 4.92 Å². The van der Waals surface area contributed by atoms with Crippen molar-refractivity contribution in [3.05, 3.63) is 74.8 Å². The van der Waals surface area contributed by atoms with Gasteiger partial charge < -0.3 is 0 Å². The van der Waals surface area contributed by atoms with Gasteiger partial charge in [0.25, 0.3) is 5.69 Å². The van der Waals surface area contributed by atoms with E-state index in [-0.39, 0.29) is 15.9 Å². The maximum Gasteiger partial charge on any atom is 0.273 e. The van der Waals surface area contributed by atoms with E-state index in [1.165, 1.54) is 23.1 Å². The highest BCUT2D eigenvalue weighted by atomic mass is 32.2. The largest absolute Gasteiger partial charge is 0.273 e. The molecule has 0 amide bonds. The number of benzene rings is 2. The Kier molecular flexibility index (Phi) is 4.09. The fourth-order valence-corrected chi connectivity index (χ4v) is 6.03. The van der Waals surface area contributed by atoms with Crippen molar-refractivity contribution in [1.29, 1.82) is 0 Å². The lowest BCUT2D eigenvalue weighted by Crippen LogP contribution is -2.29. The highest BCUT2D eigenvalue weighted by Crippen LogP contribution is 2.55. The minimum atomic E-state index is -0.222. The van der Waals surface area contributed by atoms with Crippen LogP contribution < -0.4 is 0 Å². The first kappa shape index (κ1) is 15.7. The predicted molar refractivity (Wildman–Crippen MR) is 98.6 cm³/mol. The number of thioether (sulfide) groups is 1. The monoisotopic (exact) mass is 339 g/mol. The Morgan fingerprint density at radius 2 is 1.96 bits per heavy atom. The summed E-state index contributed by atoms with van der Waals surface area (Å²) in [6, 6.07) is 14.2. The molecule has 1 fully saturated rings. The van der Waals surface area contributed by atoms with E-state index in [0.717, 1.165) is 24.2 Å². The molecule has 124 valence electrons. The third kappa shape index (κ3) is 2.63. The molecule has 2 aromatic carbocycles. The van der Waals surface area contributed by atoms with Crippen LogP contribution in [0, 0.1) is 23.0 Å². The van der Waals surface area contributed by atoms with Crippen molar-refractivity contribution in [2.45, 2.75) is 37.4 Å². The number of hydrogen-bond donors (Lipinski definition) is 0. The number of nitrogens with zero attached hydrogens (tertiary/aromatic N) is 1. The second-order valence-electron chi connectivity index (χ2n) is 6.91. The lowest BCUT2D eigenvalue weighted by molar-refractivity contribution is -0.385. The maximum atomic E-state index is 11.5. The standard InChI is InChI=1S/C20H21NO2S/c1-13-6-7-14-8-9-16-15(18(14)12-13)10-11-24-20(16)17-4-2-3-5-19(17)21(22)23/h2-7,12,15-16,20H,8-11H2,1H3/t15-,16+,20+/m1/s1. The summed E-state index contributed by atoms with van der Waals surface area (Å²) >= 11 is 1.91. The maximum absolute atomic E-state index is 11.5. The van der Waals surface area contributed by atoms with Gasteiger partial charge in [-0.05, 0) is 54.9 Å². The van der Waals surface area contributed by atoms with Crippen LogP contribution in [-0.2, 0) is 6.42 Å². The zero-order valence-electron chi connectivity index (χ0n) is 13.8. The van der Waals surface area contributed by atoms with Gasteiger partial charge >= 0.3 is 0 Å². The molecule has 0 bridgehead atoms. The van der Waals surface area contributed by atoms with Gasteiger partial charge in [-0.3, -0.25) is 10.1 Å². The highest BCUT2D eigenvalue weighted by molar-refractivity contribution is 7.99. The number of aryl methyl sites for hydroxylation is 2. The zero-order valence-corrected chi connectivity index (χ0v) is 14.6. The molecule has 1 aliphatic carbocycles. The lowest BCUT2D eigenvalue weighted by atomic mass is 9.70. The van der Waals surface area contributed by atoms with Crippen molar-refractivity contribution in [2.24, 2.45) is 5.92 Å². The van der Waals surface area contributed by atoms with Crippen molar-refractivity contribution in [2.75, 3.05) is 5.75 Å². The van der Waals surface area contributed by atoms with Crippen LogP contribution >= 0.6 is 11.8 Å². The van der Waals surface area contributed by atoms with Gasteiger partial charge in [0, 0.05) is 16.9 Å². The Bertz CT molecular complexity index is 789. The first-order valence-corrected chi connectivity index (χ1v) is 9.64. The molecule has 0 spiro atoms. The minimum Gasteiger partial charge on any atom is -0.258 e. The van der Waals surface area contributed by atoms with E-state index in [1.807, 2.05) is 23.9 Å². The van der Waals surface area contributed by atoms with E-state index in [2.05, 4.69) is 25.1 Å². The summed E-state index contributed by atoms with van der Waals surface area (Å²) in [4.78, 5) is 11.2. The lowest BCUT2D eigenvalue weighted by Gasteiger charge is -2.42. The van der Waals surface area contributed by atoms with Crippen LogP contribution in [0.3, 0.4) is 0 Å². The third-order valence-corrected chi connectivity index (χ3v) is 6.95. The number of nitro benzene ring substituents is 1. The van der Waals surface area contributed by atoms with Gasteiger partial charge in [0.05, 0.1) is 4.92 Å². The van der Waals surface area contributed by atoms with Crippen LogP contribution in [0.15, 0.2) is 42.5 Å². The second-order valence-corrected chi connectivity index (χ2v) is 8.16. The summed E-state index contributed by atoms with van der Waals surface area (Å²) in [5, 5.41) is 11.7. The van der Waals surface area contributed by atoms with Crippen molar-refractivity contribution in [3.63, 3.8) is 0 Å². The molecule has 1 saturated heterocycles. The van der Waals surface area contributed by atoms with Gasteiger partial charge in [0.15, 0.2) is 0 Å². The summed E-state index contributed by atoms with van der Waals surface area (Å²) in [5.41, 5.74) is 5.49. The molecule has 0 unspecified atom stereocenters. The Balaban J connectivity index is 1.74. The van der Waals surface area contributed by atoms with E-state index >= 15 is 0 Å². The molecule has 0 aromatic heterocycles. The summed E-state index contributed by atoms with van der Waals surface area (Å²) in [7, 11) is 0. The third-order valence-electron chi connectivity index (χ3n) is 5.52. The molecule has 3 atom stereocenters. The van der Waals surface area contributed by atoms with E-state index in [4.69, 9.17) is 0 Å². The fourth-order valence-electron chi connectivity index (χ4n) is 4.43. The van der Waals surface area contributed by atoms with E-state index in [1.54, 1.807) is 12.1 Å². The van der Waals surface area contributed by atoms with Gasteiger partial charge in [-0.15, -0.1) is 0 Å². The Labute approximate surface area is 146 Å². The Morgan fingerprint density at radius 1 is 1.12 bits per heavy atom. The van der Waals surface area contributed by atoms with Gasteiger partial charge in [-0.1, -0.05) is 42.0 Å². The molecule has 1 heterocycles. The topological polar surface area (TPSA) is 43.1 Å². The molecule has 2 aliphatic rings. The van der Waals surface area contributed by atoms with Crippen molar-refractivity contribution in [1.82, 2.24) is 0 Å². The van der Waals surface area contributed by atoms with Gasteiger partial charge in [-0.25, -0.2) is 0 Å².